The standard InChI is InChI=1S/C22H20ClN3O3S/c1-14-10-11-16(12-15(14)2)13-24-22-25-21-19(29-18-7-4-3-6-17(18)23)8-5-9-20(21)30(27,28)26-22/h3-12H,13H2,1-2H3,(H2,24,25,26). The molecule has 1 aliphatic heterocycles. The van der Waals surface area contributed by atoms with Crippen LogP contribution in [0.2, 0.25) is 5.02 Å². The van der Waals surface area contributed by atoms with Crippen molar-refractivity contribution in [1.82, 2.24) is 4.72 Å². The highest BCUT2D eigenvalue weighted by molar-refractivity contribution is 7.90. The molecule has 2 N–H and O–H groups in total. The third-order valence-electron chi connectivity index (χ3n) is 4.80. The van der Waals surface area contributed by atoms with E-state index in [2.05, 4.69) is 15.0 Å². The van der Waals surface area contributed by atoms with Gasteiger partial charge in [-0.2, -0.15) is 0 Å². The Kier molecular flexibility index (Phi) is 5.40. The maximum atomic E-state index is 12.8. The summed E-state index contributed by atoms with van der Waals surface area (Å²) in [5.74, 6) is 0.902. The zero-order chi connectivity index (χ0) is 21.3. The molecule has 1 aliphatic rings. The molecule has 0 saturated carbocycles. The van der Waals surface area contributed by atoms with Crippen molar-refractivity contribution < 1.29 is 13.2 Å². The first-order chi connectivity index (χ1) is 14.3. The van der Waals surface area contributed by atoms with Crippen molar-refractivity contribution in [3.05, 3.63) is 82.4 Å². The summed E-state index contributed by atoms with van der Waals surface area (Å²) in [5.41, 5.74) is 3.65. The quantitative estimate of drug-likeness (QED) is 0.596. The number of sulfonamides is 1. The molecule has 0 unspecified atom stereocenters. The van der Waals surface area contributed by atoms with Crippen LogP contribution in [0.4, 0.5) is 5.69 Å². The summed E-state index contributed by atoms with van der Waals surface area (Å²) in [7, 11) is -3.79. The molecule has 0 fully saturated rings. The molecule has 0 aliphatic carbocycles. The third-order valence-corrected chi connectivity index (χ3v) is 6.49. The van der Waals surface area contributed by atoms with E-state index in [1.807, 2.05) is 32.0 Å². The van der Waals surface area contributed by atoms with Crippen molar-refractivity contribution >= 4 is 33.3 Å². The SMILES string of the molecule is Cc1ccc(CN=C2Nc3c(Oc4ccccc4Cl)cccc3S(=O)(=O)N2)cc1C. The van der Waals surface area contributed by atoms with E-state index in [9.17, 15) is 8.42 Å². The summed E-state index contributed by atoms with van der Waals surface area (Å²) < 4.78 is 33.9. The lowest BCUT2D eigenvalue weighted by molar-refractivity contribution is 0.483. The maximum Gasteiger partial charge on any atom is 0.266 e. The van der Waals surface area contributed by atoms with E-state index in [1.165, 1.54) is 11.6 Å². The summed E-state index contributed by atoms with van der Waals surface area (Å²) in [6.45, 7) is 4.40. The molecule has 3 aromatic carbocycles. The van der Waals surface area contributed by atoms with Gasteiger partial charge in [0.15, 0.2) is 5.75 Å². The molecule has 0 atom stereocenters. The zero-order valence-electron chi connectivity index (χ0n) is 16.4. The Morgan fingerprint density at radius 2 is 1.73 bits per heavy atom. The molecular formula is C22H20ClN3O3S. The summed E-state index contributed by atoms with van der Waals surface area (Å²) in [6.07, 6.45) is 0. The van der Waals surface area contributed by atoms with Gasteiger partial charge >= 0.3 is 0 Å². The number of hydrogen-bond donors (Lipinski definition) is 2. The average molecular weight is 442 g/mol. The van der Waals surface area contributed by atoms with Crippen LogP contribution in [0.15, 0.2) is 70.6 Å². The van der Waals surface area contributed by atoms with Gasteiger partial charge in [0.25, 0.3) is 10.0 Å². The number of hydrogen-bond acceptors (Lipinski definition) is 4. The van der Waals surface area contributed by atoms with E-state index in [0.717, 1.165) is 11.1 Å². The summed E-state index contributed by atoms with van der Waals surface area (Å²) in [6, 6.07) is 17.8. The van der Waals surface area contributed by atoms with Crippen LogP contribution in [0.3, 0.4) is 0 Å². The third kappa shape index (κ3) is 4.13. The van der Waals surface area contributed by atoms with Gasteiger partial charge < -0.3 is 10.1 Å². The first-order valence-corrected chi connectivity index (χ1v) is 11.2. The van der Waals surface area contributed by atoms with Crippen LogP contribution in [-0.2, 0) is 16.6 Å². The molecule has 0 saturated heterocycles. The number of nitrogens with zero attached hydrogens (tertiary/aromatic N) is 1. The average Bonchev–Trinajstić information content (AvgIpc) is 2.71. The number of halogens is 1. The predicted octanol–water partition coefficient (Wildman–Crippen LogP) is 5.01. The molecular weight excluding hydrogens is 422 g/mol. The van der Waals surface area contributed by atoms with E-state index in [4.69, 9.17) is 16.3 Å². The summed E-state index contributed by atoms with van der Waals surface area (Å²) >= 11 is 6.18. The van der Waals surface area contributed by atoms with Crippen molar-refractivity contribution in [1.29, 1.82) is 0 Å². The van der Waals surface area contributed by atoms with Crippen LogP contribution in [0, 0.1) is 13.8 Å². The van der Waals surface area contributed by atoms with Crippen molar-refractivity contribution in [3.63, 3.8) is 0 Å². The van der Waals surface area contributed by atoms with E-state index in [-0.39, 0.29) is 10.9 Å². The van der Waals surface area contributed by atoms with Gasteiger partial charge in [-0.1, -0.05) is 48.0 Å². The highest BCUT2D eigenvalue weighted by Crippen LogP contribution is 2.38. The fourth-order valence-electron chi connectivity index (χ4n) is 3.06. The Balaban J connectivity index is 1.67. The highest BCUT2D eigenvalue weighted by atomic mass is 35.5. The molecule has 0 bridgehead atoms. The first kappa shape index (κ1) is 20.3. The van der Waals surface area contributed by atoms with E-state index in [1.54, 1.807) is 36.4 Å². The zero-order valence-corrected chi connectivity index (χ0v) is 18.0. The lowest BCUT2D eigenvalue weighted by Gasteiger charge is -2.23. The Morgan fingerprint density at radius 1 is 0.967 bits per heavy atom. The molecule has 0 amide bonds. The van der Waals surface area contributed by atoms with E-state index >= 15 is 0 Å². The number of aryl methyl sites for hydroxylation is 2. The van der Waals surface area contributed by atoms with Gasteiger partial charge in [-0.3, -0.25) is 0 Å². The second-order valence-electron chi connectivity index (χ2n) is 6.98. The second-order valence-corrected chi connectivity index (χ2v) is 9.03. The minimum absolute atomic E-state index is 0.0807. The minimum Gasteiger partial charge on any atom is -0.454 e. The minimum atomic E-state index is -3.79. The normalized spacial score (nSPS) is 15.8. The summed E-state index contributed by atoms with van der Waals surface area (Å²) in [4.78, 5) is 4.50. The van der Waals surface area contributed by atoms with Crippen LogP contribution in [0.5, 0.6) is 11.5 Å². The highest BCUT2D eigenvalue weighted by Gasteiger charge is 2.29. The van der Waals surface area contributed by atoms with Crippen molar-refractivity contribution in [2.75, 3.05) is 5.32 Å². The lowest BCUT2D eigenvalue weighted by atomic mass is 10.1. The molecule has 0 aromatic heterocycles. The van der Waals surface area contributed by atoms with E-state index < -0.39 is 10.0 Å². The Labute approximate surface area is 180 Å². The van der Waals surface area contributed by atoms with Gasteiger partial charge in [0.05, 0.1) is 11.6 Å². The first-order valence-electron chi connectivity index (χ1n) is 9.29. The molecule has 6 nitrogen and oxygen atoms in total. The molecule has 8 heteroatoms. The van der Waals surface area contributed by atoms with Crippen molar-refractivity contribution in [2.45, 2.75) is 25.3 Å². The Morgan fingerprint density at radius 3 is 2.50 bits per heavy atom. The number of benzene rings is 3. The maximum absolute atomic E-state index is 12.8. The molecule has 0 spiro atoms. The number of anilines is 1. The van der Waals surface area contributed by atoms with Gasteiger partial charge in [-0.25, -0.2) is 18.1 Å². The van der Waals surface area contributed by atoms with Crippen molar-refractivity contribution in [3.8, 4) is 11.5 Å². The number of rotatable bonds is 4. The van der Waals surface area contributed by atoms with Gasteiger partial charge in [0, 0.05) is 0 Å². The number of ether oxygens (including phenoxy) is 1. The number of para-hydroxylation sites is 2. The Hall–Kier alpha value is -3.03. The van der Waals surface area contributed by atoms with Gasteiger partial charge in [-0.15, -0.1) is 0 Å². The number of aliphatic imine (C=N–C) groups is 1. The molecule has 1 heterocycles. The van der Waals surface area contributed by atoms with Crippen LogP contribution in [0.25, 0.3) is 0 Å². The second kappa shape index (κ2) is 8.01. The smallest absolute Gasteiger partial charge is 0.266 e. The molecule has 0 radical (unpaired) electrons. The predicted molar refractivity (Wildman–Crippen MR) is 119 cm³/mol. The van der Waals surface area contributed by atoms with Gasteiger partial charge in [-0.05, 0) is 54.8 Å². The van der Waals surface area contributed by atoms with Crippen molar-refractivity contribution in [2.24, 2.45) is 4.99 Å². The lowest BCUT2D eigenvalue weighted by Crippen LogP contribution is -2.40. The van der Waals surface area contributed by atoms with Crippen LogP contribution < -0.4 is 14.8 Å². The van der Waals surface area contributed by atoms with Crippen LogP contribution >= 0.6 is 11.6 Å². The van der Waals surface area contributed by atoms with Gasteiger partial charge in [0.1, 0.15) is 16.3 Å². The largest absolute Gasteiger partial charge is 0.454 e. The Bertz CT molecular complexity index is 1260. The number of guanidine groups is 1. The molecule has 154 valence electrons. The molecule has 4 rings (SSSR count). The fourth-order valence-corrected chi connectivity index (χ4v) is 4.39. The molecule has 30 heavy (non-hydrogen) atoms. The molecule has 3 aromatic rings. The fraction of sp³-hybridized carbons (Fsp3) is 0.136. The monoisotopic (exact) mass is 441 g/mol. The van der Waals surface area contributed by atoms with Crippen LogP contribution in [-0.4, -0.2) is 14.4 Å². The topological polar surface area (TPSA) is 79.8 Å². The van der Waals surface area contributed by atoms with Crippen LogP contribution in [0.1, 0.15) is 16.7 Å². The van der Waals surface area contributed by atoms with Gasteiger partial charge in [0.2, 0.25) is 5.96 Å². The number of fused-ring (bicyclic) bond motifs is 1. The number of nitrogens with one attached hydrogen (secondary N) is 2. The summed E-state index contributed by atoms with van der Waals surface area (Å²) in [5, 5.41) is 3.48. The van der Waals surface area contributed by atoms with E-state index in [0.29, 0.717) is 28.8 Å².